The molecule has 0 saturated heterocycles. The molecule has 0 spiro atoms. The zero-order valence-electron chi connectivity index (χ0n) is 7.67. The fourth-order valence-corrected chi connectivity index (χ4v) is 2.48. The molecule has 1 aliphatic heterocycles. The van der Waals surface area contributed by atoms with Gasteiger partial charge >= 0.3 is 0 Å². The minimum absolute atomic E-state index is 0.832. The fourth-order valence-electron chi connectivity index (χ4n) is 2.48. The second kappa shape index (κ2) is 3.97. The fraction of sp³-hybridized carbons (Fsp3) is 0.818. The zero-order valence-corrected chi connectivity index (χ0v) is 7.67. The molecule has 1 nitrogen and oxygen atoms in total. The number of allylic oxidation sites excluding steroid dienone is 1. The highest BCUT2D eigenvalue weighted by Crippen LogP contribution is 2.33. The van der Waals surface area contributed by atoms with Gasteiger partial charge in [0.15, 0.2) is 0 Å². The van der Waals surface area contributed by atoms with Gasteiger partial charge in [-0.25, -0.2) is 0 Å². The summed E-state index contributed by atoms with van der Waals surface area (Å²) in [6.45, 7) is 0.942. The van der Waals surface area contributed by atoms with Crippen LogP contribution in [0.5, 0.6) is 0 Å². The maximum Gasteiger partial charge on any atom is 0.0878 e. The van der Waals surface area contributed by atoms with Gasteiger partial charge in [-0.2, -0.15) is 0 Å². The zero-order chi connectivity index (χ0) is 8.23. The van der Waals surface area contributed by atoms with E-state index in [1.54, 1.807) is 0 Å². The minimum Gasteiger partial charge on any atom is -0.501 e. The first-order valence-corrected chi connectivity index (χ1v) is 5.25. The first kappa shape index (κ1) is 8.15. The Balaban J connectivity index is 1.88. The van der Waals surface area contributed by atoms with Crippen LogP contribution in [0, 0.1) is 11.8 Å². The number of hydrogen-bond acceptors (Lipinski definition) is 1. The van der Waals surface area contributed by atoms with E-state index in [0.29, 0.717) is 0 Å². The van der Waals surface area contributed by atoms with E-state index in [1.165, 1.54) is 38.5 Å². The summed E-state index contributed by atoms with van der Waals surface area (Å²) in [5.41, 5.74) is 0. The monoisotopic (exact) mass is 166 g/mol. The lowest BCUT2D eigenvalue weighted by Gasteiger charge is -2.29. The van der Waals surface area contributed by atoms with E-state index in [0.717, 1.165) is 18.4 Å². The summed E-state index contributed by atoms with van der Waals surface area (Å²) in [6, 6.07) is 0. The summed E-state index contributed by atoms with van der Waals surface area (Å²) in [5, 5.41) is 0. The molecule has 1 atom stereocenters. The lowest BCUT2D eigenvalue weighted by atomic mass is 9.78. The molecule has 1 fully saturated rings. The van der Waals surface area contributed by atoms with Crippen LogP contribution in [0.3, 0.4) is 0 Å². The molecule has 0 radical (unpaired) electrons. The van der Waals surface area contributed by atoms with Crippen LogP contribution in [0.25, 0.3) is 0 Å². The third-order valence-electron chi connectivity index (χ3n) is 3.25. The quantitative estimate of drug-likeness (QED) is 0.581. The Morgan fingerprint density at radius 1 is 1.00 bits per heavy atom. The van der Waals surface area contributed by atoms with Crippen LogP contribution in [0.1, 0.15) is 38.5 Å². The van der Waals surface area contributed by atoms with Gasteiger partial charge in [0.2, 0.25) is 0 Å². The van der Waals surface area contributed by atoms with Gasteiger partial charge in [-0.05, 0) is 37.2 Å². The Morgan fingerprint density at radius 2 is 1.83 bits per heavy atom. The molecular formula is C11H18O. The third-order valence-corrected chi connectivity index (χ3v) is 3.25. The lowest BCUT2D eigenvalue weighted by molar-refractivity contribution is 0.168. The average Bonchev–Trinajstić information content (AvgIpc) is 2.21. The van der Waals surface area contributed by atoms with Gasteiger partial charge in [-0.15, -0.1) is 0 Å². The summed E-state index contributed by atoms with van der Waals surface area (Å²) in [7, 11) is 0. The molecule has 0 bridgehead atoms. The van der Waals surface area contributed by atoms with Crippen molar-refractivity contribution in [1.82, 2.24) is 0 Å². The van der Waals surface area contributed by atoms with E-state index < -0.39 is 0 Å². The van der Waals surface area contributed by atoms with Crippen LogP contribution >= 0.6 is 0 Å². The molecule has 2 aliphatic rings. The van der Waals surface area contributed by atoms with Crippen molar-refractivity contribution in [1.29, 1.82) is 0 Å². The van der Waals surface area contributed by atoms with Crippen molar-refractivity contribution in [2.75, 3.05) is 6.61 Å². The number of rotatable bonds is 1. The Bertz CT molecular complexity index is 156. The molecule has 1 aliphatic carbocycles. The Hall–Kier alpha value is -0.460. The number of ether oxygens (including phenoxy) is 1. The molecule has 1 heterocycles. The van der Waals surface area contributed by atoms with Crippen LogP contribution in [-0.2, 0) is 4.74 Å². The van der Waals surface area contributed by atoms with Crippen LogP contribution in [0.2, 0.25) is 0 Å². The van der Waals surface area contributed by atoms with Crippen molar-refractivity contribution in [2.24, 2.45) is 11.8 Å². The molecule has 1 heteroatoms. The van der Waals surface area contributed by atoms with Crippen LogP contribution in [0.4, 0.5) is 0 Å². The first-order chi connectivity index (χ1) is 5.97. The topological polar surface area (TPSA) is 9.23 Å². The first-order valence-electron chi connectivity index (χ1n) is 5.25. The van der Waals surface area contributed by atoms with E-state index in [4.69, 9.17) is 4.74 Å². The molecule has 0 aromatic carbocycles. The Morgan fingerprint density at radius 3 is 2.50 bits per heavy atom. The molecule has 0 aromatic heterocycles. The molecule has 0 N–H and O–H groups in total. The molecule has 1 saturated carbocycles. The van der Waals surface area contributed by atoms with E-state index in [-0.39, 0.29) is 0 Å². The van der Waals surface area contributed by atoms with Gasteiger partial charge in [0.05, 0.1) is 12.9 Å². The van der Waals surface area contributed by atoms with Crippen molar-refractivity contribution in [3.63, 3.8) is 0 Å². The van der Waals surface area contributed by atoms with Gasteiger partial charge in [-0.3, -0.25) is 0 Å². The minimum atomic E-state index is 0.832. The predicted molar refractivity (Wildman–Crippen MR) is 49.8 cm³/mol. The second-order valence-corrected chi connectivity index (χ2v) is 4.05. The van der Waals surface area contributed by atoms with Gasteiger partial charge in [-0.1, -0.05) is 19.3 Å². The van der Waals surface area contributed by atoms with E-state index in [1.807, 2.05) is 6.26 Å². The van der Waals surface area contributed by atoms with E-state index >= 15 is 0 Å². The number of hydrogen-bond donors (Lipinski definition) is 0. The van der Waals surface area contributed by atoms with Gasteiger partial charge in [0.1, 0.15) is 0 Å². The third kappa shape index (κ3) is 1.82. The molecule has 0 amide bonds. The van der Waals surface area contributed by atoms with Crippen molar-refractivity contribution < 1.29 is 4.74 Å². The van der Waals surface area contributed by atoms with E-state index in [9.17, 15) is 0 Å². The SMILES string of the molecule is C1=CC(C2CCCCC2)CCO1. The lowest BCUT2D eigenvalue weighted by Crippen LogP contribution is -2.19. The van der Waals surface area contributed by atoms with E-state index in [2.05, 4.69) is 6.08 Å². The standard InChI is InChI=1S/C11H18O/c1-2-4-10(5-3-1)11-6-8-12-9-7-11/h6,8,10-11H,1-5,7,9H2. The Labute approximate surface area is 74.8 Å². The predicted octanol–water partition coefficient (Wildman–Crippen LogP) is 3.12. The van der Waals surface area contributed by atoms with Crippen LogP contribution < -0.4 is 0 Å². The molecular weight excluding hydrogens is 148 g/mol. The highest BCUT2D eigenvalue weighted by Gasteiger charge is 2.22. The van der Waals surface area contributed by atoms with Crippen LogP contribution in [-0.4, -0.2) is 6.61 Å². The van der Waals surface area contributed by atoms with Crippen molar-refractivity contribution >= 4 is 0 Å². The maximum atomic E-state index is 5.21. The molecule has 12 heavy (non-hydrogen) atoms. The van der Waals surface area contributed by atoms with Gasteiger partial charge < -0.3 is 4.74 Å². The largest absolute Gasteiger partial charge is 0.501 e. The highest BCUT2D eigenvalue weighted by molar-refractivity contribution is 4.91. The Kier molecular flexibility index (Phi) is 2.70. The normalized spacial score (nSPS) is 31.5. The summed E-state index contributed by atoms with van der Waals surface area (Å²) in [5.74, 6) is 1.80. The van der Waals surface area contributed by atoms with Crippen molar-refractivity contribution in [3.05, 3.63) is 12.3 Å². The summed E-state index contributed by atoms with van der Waals surface area (Å²) in [4.78, 5) is 0. The summed E-state index contributed by atoms with van der Waals surface area (Å²) in [6.07, 6.45) is 12.7. The molecule has 1 unspecified atom stereocenters. The van der Waals surface area contributed by atoms with Gasteiger partial charge in [0.25, 0.3) is 0 Å². The van der Waals surface area contributed by atoms with Crippen LogP contribution in [0.15, 0.2) is 12.3 Å². The summed E-state index contributed by atoms with van der Waals surface area (Å²) < 4.78 is 5.21. The summed E-state index contributed by atoms with van der Waals surface area (Å²) >= 11 is 0. The van der Waals surface area contributed by atoms with Crippen molar-refractivity contribution in [3.8, 4) is 0 Å². The molecule has 68 valence electrons. The smallest absolute Gasteiger partial charge is 0.0878 e. The molecule has 0 aromatic rings. The van der Waals surface area contributed by atoms with Gasteiger partial charge in [0, 0.05) is 0 Å². The second-order valence-electron chi connectivity index (χ2n) is 4.05. The highest BCUT2D eigenvalue weighted by atomic mass is 16.5. The molecule has 2 rings (SSSR count). The van der Waals surface area contributed by atoms with Crippen molar-refractivity contribution in [2.45, 2.75) is 38.5 Å². The maximum absolute atomic E-state index is 5.21. The average molecular weight is 166 g/mol.